The molecule has 0 saturated heterocycles. The monoisotopic (exact) mass is 481 g/mol. The molecule has 0 bridgehead atoms. The first-order valence-corrected chi connectivity index (χ1v) is 10.5. The number of hydrogen-bond donors (Lipinski definition) is 3. The Morgan fingerprint density at radius 2 is 1.69 bits per heavy atom. The van der Waals surface area contributed by atoms with E-state index in [0.29, 0.717) is 53.0 Å². The number of halogens is 3. The molecule has 11 heteroatoms. The number of rotatable bonds is 5. The topological polar surface area (TPSA) is 101 Å². The van der Waals surface area contributed by atoms with Crippen molar-refractivity contribution in [3.63, 3.8) is 0 Å². The van der Waals surface area contributed by atoms with Crippen LogP contribution in [0.5, 0.6) is 11.5 Å². The van der Waals surface area contributed by atoms with Gasteiger partial charge in [-0.1, -0.05) is 12.1 Å². The Bertz CT molecular complexity index is 1370. The van der Waals surface area contributed by atoms with Crippen LogP contribution in [0.15, 0.2) is 66.7 Å². The highest BCUT2D eigenvalue weighted by Crippen LogP contribution is 2.32. The number of nitrogens with one attached hydrogen (secondary N) is 3. The number of aromatic nitrogens is 3. The Morgan fingerprint density at radius 1 is 0.943 bits per heavy atom. The van der Waals surface area contributed by atoms with Gasteiger partial charge in [0.2, 0.25) is 5.95 Å². The zero-order chi connectivity index (χ0) is 24.4. The average molecular weight is 481 g/mol. The van der Waals surface area contributed by atoms with Crippen molar-refractivity contribution in [1.29, 1.82) is 0 Å². The van der Waals surface area contributed by atoms with Gasteiger partial charge in [-0.15, -0.1) is 5.10 Å². The van der Waals surface area contributed by atoms with Crippen LogP contribution in [0.4, 0.5) is 30.5 Å². The number of para-hydroxylation sites is 1. The minimum Gasteiger partial charge on any atom is -0.486 e. The molecule has 178 valence electrons. The number of amides is 1. The summed E-state index contributed by atoms with van der Waals surface area (Å²) >= 11 is 0. The van der Waals surface area contributed by atoms with Gasteiger partial charge >= 0.3 is 6.18 Å². The summed E-state index contributed by atoms with van der Waals surface area (Å²) in [5.41, 5.74) is 1.10. The molecule has 1 aliphatic rings. The summed E-state index contributed by atoms with van der Waals surface area (Å²) in [6, 6.07) is 16.5. The van der Waals surface area contributed by atoms with Gasteiger partial charge in [-0.25, -0.2) is 0 Å². The van der Waals surface area contributed by atoms with Gasteiger partial charge in [0.15, 0.2) is 17.3 Å². The second-order valence-electron chi connectivity index (χ2n) is 7.57. The number of benzene rings is 3. The van der Waals surface area contributed by atoms with Crippen LogP contribution < -0.4 is 20.1 Å². The molecule has 3 N–H and O–H groups in total. The summed E-state index contributed by atoms with van der Waals surface area (Å²) in [6.07, 6.45) is -4.41. The fourth-order valence-corrected chi connectivity index (χ4v) is 3.49. The highest BCUT2D eigenvalue weighted by Gasteiger charge is 2.30. The minimum atomic E-state index is -4.41. The first kappa shape index (κ1) is 22.3. The van der Waals surface area contributed by atoms with E-state index in [4.69, 9.17) is 9.47 Å². The smallest absolute Gasteiger partial charge is 0.416 e. The first-order valence-electron chi connectivity index (χ1n) is 10.5. The Balaban J connectivity index is 1.33. The lowest BCUT2D eigenvalue weighted by atomic mass is 10.1. The van der Waals surface area contributed by atoms with E-state index < -0.39 is 11.7 Å². The molecule has 5 rings (SSSR count). The number of alkyl halides is 3. The van der Waals surface area contributed by atoms with Crippen molar-refractivity contribution in [2.45, 2.75) is 6.18 Å². The van der Waals surface area contributed by atoms with Crippen molar-refractivity contribution in [2.24, 2.45) is 0 Å². The van der Waals surface area contributed by atoms with Crippen molar-refractivity contribution >= 4 is 23.2 Å². The van der Waals surface area contributed by atoms with E-state index in [1.807, 2.05) is 0 Å². The van der Waals surface area contributed by atoms with Gasteiger partial charge in [-0.05, 0) is 54.6 Å². The maximum atomic E-state index is 12.9. The van der Waals surface area contributed by atoms with Crippen molar-refractivity contribution in [2.75, 3.05) is 23.8 Å². The van der Waals surface area contributed by atoms with E-state index in [1.165, 1.54) is 12.1 Å². The molecular formula is C24H18F3N5O3. The molecule has 0 atom stereocenters. The molecule has 1 amide bonds. The fraction of sp³-hybridized carbons (Fsp3) is 0.125. The number of hydrogen-bond acceptors (Lipinski definition) is 6. The van der Waals surface area contributed by atoms with Crippen LogP contribution in [-0.2, 0) is 6.18 Å². The largest absolute Gasteiger partial charge is 0.486 e. The molecule has 0 unspecified atom stereocenters. The number of carbonyl (C=O) groups excluding carboxylic acids is 1. The number of H-pyrrole nitrogens is 1. The molecule has 2 heterocycles. The average Bonchev–Trinajstić information content (AvgIpc) is 3.32. The van der Waals surface area contributed by atoms with Gasteiger partial charge < -0.3 is 20.1 Å². The van der Waals surface area contributed by atoms with Crippen LogP contribution in [0.2, 0.25) is 0 Å². The Labute approximate surface area is 197 Å². The predicted molar refractivity (Wildman–Crippen MR) is 122 cm³/mol. The van der Waals surface area contributed by atoms with Gasteiger partial charge in [-0.3, -0.25) is 9.89 Å². The lowest BCUT2D eigenvalue weighted by Gasteiger charge is -2.18. The zero-order valence-electron chi connectivity index (χ0n) is 18.0. The number of nitrogens with zero attached hydrogens (tertiary/aromatic N) is 2. The lowest BCUT2D eigenvalue weighted by Crippen LogP contribution is -2.17. The second-order valence-corrected chi connectivity index (χ2v) is 7.57. The maximum absolute atomic E-state index is 12.9. The molecule has 1 aliphatic heterocycles. The van der Waals surface area contributed by atoms with Crippen LogP contribution >= 0.6 is 0 Å². The second kappa shape index (κ2) is 9.01. The fourth-order valence-electron chi connectivity index (χ4n) is 3.49. The predicted octanol–water partition coefficient (Wildman–Crippen LogP) is 5.26. The maximum Gasteiger partial charge on any atom is 0.416 e. The van der Waals surface area contributed by atoms with Gasteiger partial charge in [0.05, 0.1) is 11.3 Å². The molecule has 0 spiro atoms. The highest BCUT2D eigenvalue weighted by molar-refractivity contribution is 6.06. The molecule has 0 fully saturated rings. The van der Waals surface area contributed by atoms with Gasteiger partial charge in [0.1, 0.15) is 13.2 Å². The number of carbonyl (C=O) groups is 1. The molecule has 4 aromatic rings. The van der Waals surface area contributed by atoms with Crippen molar-refractivity contribution < 1.29 is 27.4 Å². The zero-order valence-corrected chi connectivity index (χ0v) is 18.0. The minimum absolute atomic E-state index is 0.160. The summed E-state index contributed by atoms with van der Waals surface area (Å²) in [5.74, 6) is 1.26. The molecular weight excluding hydrogens is 463 g/mol. The molecule has 0 aliphatic carbocycles. The van der Waals surface area contributed by atoms with Crippen LogP contribution in [0.25, 0.3) is 11.4 Å². The normalized spacial score (nSPS) is 12.8. The van der Waals surface area contributed by atoms with Crippen molar-refractivity contribution in [3.8, 4) is 22.9 Å². The third-order valence-electron chi connectivity index (χ3n) is 5.19. The molecule has 0 radical (unpaired) electrons. The van der Waals surface area contributed by atoms with Gasteiger partial charge in [0, 0.05) is 16.8 Å². The lowest BCUT2D eigenvalue weighted by molar-refractivity contribution is -0.137. The van der Waals surface area contributed by atoms with Gasteiger partial charge in [0.25, 0.3) is 5.91 Å². The summed E-state index contributed by atoms with van der Waals surface area (Å²) < 4.78 is 49.3. The van der Waals surface area contributed by atoms with Gasteiger partial charge in [-0.2, -0.15) is 18.2 Å². The molecule has 0 saturated carbocycles. The van der Waals surface area contributed by atoms with Crippen LogP contribution in [0, 0.1) is 0 Å². The molecule has 35 heavy (non-hydrogen) atoms. The van der Waals surface area contributed by atoms with Crippen molar-refractivity contribution in [3.05, 3.63) is 77.9 Å². The van der Waals surface area contributed by atoms with E-state index in [-0.39, 0.29) is 11.9 Å². The summed E-state index contributed by atoms with van der Waals surface area (Å²) in [7, 11) is 0. The summed E-state index contributed by atoms with van der Waals surface area (Å²) in [6.45, 7) is 0.869. The SMILES string of the molecule is O=C(Nc1ccccc1-c1nc(Nc2ccc(C(F)(F)F)cc2)n[nH]1)c1ccc2c(c1)OCCO2. The molecule has 8 nitrogen and oxygen atoms in total. The summed E-state index contributed by atoms with van der Waals surface area (Å²) in [4.78, 5) is 17.2. The molecule has 3 aromatic carbocycles. The highest BCUT2D eigenvalue weighted by atomic mass is 19.4. The third-order valence-corrected chi connectivity index (χ3v) is 5.19. The third kappa shape index (κ3) is 4.88. The Morgan fingerprint density at radius 3 is 2.46 bits per heavy atom. The Kier molecular flexibility index (Phi) is 5.73. The molecule has 1 aromatic heterocycles. The standard InChI is InChI=1S/C24H18F3N5O3/c25-24(26,27)15-6-8-16(9-7-15)28-23-30-21(31-32-23)17-3-1-2-4-18(17)29-22(33)14-5-10-19-20(13-14)35-12-11-34-19/h1-10,13H,11-12H2,(H,29,33)(H2,28,30,31,32). The Hall–Kier alpha value is -4.54. The van der Waals surface area contributed by atoms with Crippen molar-refractivity contribution in [1.82, 2.24) is 15.2 Å². The van der Waals surface area contributed by atoms with E-state index in [9.17, 15) is 18.0 Å². The van der Waals surface area contributed by atoms with Crippen LogP contribution in [-0.4, -0.2) is 34.3 Å². The first-order chi connectivity index (χ1) is 16.9. The van der Waals surface area contributed by atoms with E-state index >= 15 is 0 Å². The van der Waals surface area contributed by atoms with E-state index in [1.54, 1.807) is 42.5 Å². The van der Waals surface area contributed by atoms with Crippen LogP contribution in [0.3, 0.4) is 0 Å². The number of aromatic amines is 1. The quantitative estimate of drug-likeness (QED) is 0.360. The van der Waals surface area contributed by atoms with Crippen LogP contribution in [0.1, 0.15) is 15.9 Å². The van der Waals surface area contributed by atoms with E-state index in [0.717, 1.165) is 12.1 Å². The van der Waals surface area contributed by atoms with E-state index in [2.05, 4.69) is 25.8 Å². The number of ether oxygens (including phenoxy) is 2. The number of anilines is 3. The number of fused-ring (bicyclic) bond motifs is 1. The summed E-state index contributed by atoms with van der Waals surface area (Å²) in [5, 5.41) is 12.6.